The number of esters is 1. The quantitative estimate of drug-likeness (QED) is 0.548. The first-order chi connectivity index (χ1) is 14.9. The Morgan fingerprint density at radius 3 is 2.58 bits per heavy atom. The highest BCUT2D eigenvalue weighted by Crippen LogP contribution is 2.56. The number of benzene rings is 2. The number of aryl methyl sites for hydroxylation is 1. The van der Waals surface area contributed by atoms with E-state index in [4.69, 9.17) is 9.47 Å². The SMILES string of the molecule is CCOC(=O)[C@@]1(Cc2ccc(OCc3cc(C)nc4ccccc34)cc2)CC1C(=O)O. The van der Waals surface area contributed by atoms with Crippen molar-refractivity contribution in [2.75, 3.05) is 6.61 Å². The Bertz CT molecular complexity index is 1120. The molecule has 1 aromatic heterocycles. The molecule has 1 fully saturated rings. The molecule has 1 N–H and O–H groups in total. The molecule has 1 aliphatic carbocycles. The molecule has 0 radical (unpaired) electrons. The van der Waals surface area contributed by atoms with Crippen LogP contribution < -0.4 is 4.74 Å². The van der Waals surface area contributed by atoms with Crippen molar-refractivity contribution in [3.8, 4) is 5.75 Å². The number of ether oxygens (including phenoxy) is 2. The summed E-state index contributed by atoms with van der Waals surface area (Å²) in [6.07, 6.45) is 0.658. The second-order valence-electron chi connectivity index (χ2n) is 8.02. The standard InChI is InChI=1S/C25H25NO5/c1-3-30-24(29)25(14-21(25)23(27)28)13-17-8-10-19(11-9-17)31-15-18-12-16(2)26-22-7-5-4-6-20(18)22/h4-12,21H,3,13-15H2,1-2H3,(H,27,28)/t21?,25-/m0/s1. The Labute approximate surface area is 180 Å². The normalized spacial score (nSPS) is 19.7. The maximum absolute atomic E-state index is 12.4. The van der Waals surface area contributed by atoms with Crippen LogP contribution in [0.1, 0.15) is 30.2 Å². The van der Waals surface area contributed by atoms with Gasteiger partial charge in [-0.3, -0.25) is 14.6 Å². The van der Waals surface area contributed by atoms with Gasteiger partial charge >= 0.3 is 11.9 Å². The zero-order chi connectivity index (χ0) is 22.0. The van der Waals surface area contributed by atoms with Crippen LogP contribution in [-0.4, -0.2) is 28.6 Å². The molecule has 0 spiro atoms. The Balaban J connectivity index is 1.46. The van der Waals surface area contributed by atoms with Crippen LogP contribution in [0.5, 0.6) is 5.75 Å². The zero-order valence-corrected chi connectivity index (χ0v) is 17.6. The van der Waals surface area contributed by atoms with Gasteiger partial charge in [0, 0.05) is 16.6 Å². The molecule has 6 nitrogen and oxygen atoms in total. The zero-order valence-electron chi connectivity index (χ0n) is 17.6. The van der Waals surface area contributed by atoms with Gasteiger partial charge in [-0.05, 0) is 56.5 Å². The van der Waals surface area contributed by atoms with Crippen LogP contribution in [0.3, 0.4) is 0 Å². The molecule has 0 saturated heterocycles. The first-order valence-corrected chi connectivity index (χ1v) is 10.4. The third-order valence-electron chi connectivity index (χ3n) is 5.82. The monoisotopic (exact) mass is 419 g/mol. The number of aromatic nitrogens is 1. The fourth-order valence-corrected chi connectivity index (χ4v) is 4.14. The van der Waals surface area contributed by atoms with Gasteiger partial charge in [-0.15, -0.1) is 0 Å². The number of hydrogen-bond acceptors (Lipinski definition) is 5. The third kappa shape index (κ3) is 4.24. The smallest absolute Gasteiger partial charge is 0.313 e. The summed E-state index contributed by atoms with van der Waals surface area (Å²) in [5.74, 6) is -1.36. The largest absolute Gasteiger partial charge is 0.489 e. The molecule has 1 heterocycles. The van der Waals surface area contributed by atoms with E-state index in [0.29, 0.717) is 25.2 Å². The molecule has 0 bridgehead atoms. The number of rotatable bonds is 8. The topological polar surface area (TPSA) is 85.7 Å². The van der Waals surface area contributed by atoms with Gasteiger partial charge in [0.1, 0.15) is 12.4 Å². The summed E-state index contributed by atoms with van der Waals surface area (Å²) >= 11 is 0. The van der Waals surface area contributed by atoms with E-state index in [-0.39, 0.29) is 6.61 Å². The summed E-state index contributed by atoms with van der Waals surface area (Å²) in [6.45, 7) is 4.34. The number of carbonyl (C=O) groups excluding carboxylic acids is 1. The van der Waals surface area contributed by atoms with Crippen LogP contribution in [0.2, 0.25) is 0 Å². The minimum atomic E-state index is -0.961. The molecule has 1 unspecified atom stereocenters. The van der Waals surface area contributed by atoms with Crippen molar-refractivity contribution in [2.45, 2.75) is 33.3 Å². The molecule has 6 heteroatoms. The lowest BCUT2D eigenvalue weighted by atomic mass is 9.94. The van der Waals surface area contributed by atoms with E-state index in [2.05, 4.69) is 4.98 Å². The average molecular weight is 419 g/mol. The van der Waals surface area contributed by atoms with Gasteiger partial charge in [0.2, 0.25) is 0 Å². The molecular weight excluding hydrogens is 394 g/mol. The van der Waals surface area contributed by atoms with E-state index in [1.165, 1.54) is 0 Å². The fourth-order valence-electron chi connectivity index (χ4n) is 4.14. The Morgan fingerprint density at radius 1 is 1.16 bits per heavy atom. The minimum Gasteiger partial charge on any atom is -0.489 e. The van der Waals surface area contributed by atoms with Gasteiger partial charge in [0.05, 0.1) is 23.5 Å². The van der Waals surface area contributed by atoms with E-state index in [9.17, 15) is 14.7 Å². The molecule has 31 heavy (non-hydrogen) atoms. The number of carboxylic acids is 1. The molecule has 2 atom stereocenters. The van der Waals surface area contributed by atoms with E-state index in [1.54, 1.807) is 6.92 Å². The highest BCUT2D eigenvalue weighted by atomic mass is 16.5. The van der Waals surface area contributed by atoms with Crippen molar-refractivity contribution >= 4 is 22.8 Å². The number of carbonyl (C=O) groups is 2. The average Bonchev–Trinajstić information content (AvgIpc) is 3.49. The van der Waals surface area contributed by atoms with Crippen LogP contribution in [0.4, 0.5) is 0 Å². The molecule has 4 rings (SSSR count). The maximum atomic E-state index is 12.4. The Kier molecular flexibility index (Phi) is 5.63. The fraction of sp³-hybridized carbons (Fsp3) is 0.320. The predicted octanol–water partition coefficient (Wildman–Crippen LogP) is 4.32. The summed E-state index contributed by atoms with van der Waals surface area (Å²) in [5.41, 5.74) is 2.87. The van der Waals surface area contributed by atoms with Crippen LogP contribution in [0.25, 0.3) is 10.9 Å². The van der Waals surface area contributed by atoms with Gasteiger partial charge in [0.25, 0.3) is 0 Å². The van der Waals surface area contributed by atoms with Gasteiger partial charge < -0.3 is 14.6 Å². The third-order valence-corrected chi connectivity index (χ3v) is 5.82. The first kappa shape index (κ1) is 20.8. The van der Waals surface area contributed by atoms with Crippen molar-refractivity contribution in [1.82, 2.24) is 4.98 Å². The van der Waals surface area contributed by atoms with Gasteiger partial charge in [-0.2, -0.15) is 0 Å². The van der Waals surface area contributed by atoms with E-state index >= 15 is 0 Å². The van der Waals surface area contributed by atoms with Gasteiger partial charge in [-0.25, -0.2) is 0 Å². The summed E-state index contributed by atoms with van der Waals surface area (Å²) in [5, 5.41) is 10.4. The van der Waals surface area contributed by atoms with E-state index < -0.39 is 23.3 Å². The molecule has 160 valence electrons. The van der Waals surface area contributed by atoms with Crippen molar-refractivity contribution in [1.29, 1.82) is 0 Å². The molecule has 2 aromatic carbocycles. The predicted molar refractivity (Wildman–Crippen MR) is 116 cm³/mol. The highest BCUT2D eigenvalue weighted by Gasteiger charge is 2.64. The van der Waals surface area contributed by atoms with Crippen molar-refractivity contribution in [3.05, 3.63) is 71.4 Å². The van der Waals surface area contributed by atoms with Crippen molar-refractivity contribution < 1.29 is 24.2 Å². The second-order valence-corrected chi connectivity index (χ2v) is 8.02. The molecule has 1 aliphatic rings. The summed E-state index contributed by atoms with van der Waals surface area (Å²) < 4.78 is 11.1. The minimum absolute atomic E-state index is 0.239. The van der Waals surface area contributed by atoms with Crippen LogP contribution in [-0.2, 0) is 27.4 Å². The lowest BCUT2D eigenvalue weighted by Crippen LogP contribution is -2.26. The van der Waals surface area contributed by atoms with Gasteiger partial charge in [-0.1, -0.05) is 30.3 Å². The number of fused-ring (bicyclic) bond motifs is 1. The van der Waals surface area contributed by atoms with E-state index in [0.717, 1.165) is 27.7 Å². The lowest BCUT2D eigenvalue weighted by Gasteiger charge is -2.15. The molecule has 0 aliphatic heterocycles. The van der Waals surface area contributed by atoms with Crippen LogP contribution in [0, 0.1) is 18.3 Å². The van der Waals surface area contributed by atoms with Crippen molar-refractivity contribution in [2.24, 2.45) is 11.3 Å². The highest BCUT2D eigenvalue weighted by molar-refractivity contribution is 5.90. The van der Waals surface area contributed by atoms with Crippen LogP contribution in [0.15, 0.2) is 54.6 Å². The van der Waals surface area contributed by atoms with Crippen molar-refractivity contribution in [3.63, 3.8) is 0 Å². The number of pyridine rings is 1. The Hall–Kier alpha value is -3.41. The maximum Gasteiger partial charge on any atom is 0.313 e. The van der Waals surface area contributed by atoms with Crippen LogP contribution >= 0.6 is 0 Å². The molecular formula is C25H25NO5. The van der Waals surface area contributed by atoms with E-state index in [1.807, 2.05) is 61.5 Å². The summed E-state index contributed by atoms with van der Waals surface area (Å²) in [4.78, 5) is 28.4. The first-order valence-electron chi connectivity index (χ1n) is 10.4. The van der Waals surface area contributed by atoms with Gasteiger partial charge in [0.15, 0.2) is 0 Å². The lowest BCUT2D eigenvalue weighted by molar-refractivity contribution is -0.153. The number of nitrogens with zero attached hydrogens (tertiary/aromatic N) is 1. The summed E-state index contributed by atoms with van der Waals surface area (Å²) in [7, 11) is 0. The number of aliphatic carboxylic acids is 1. The molecule has 1 saturated carbocycles. The number of hydrogen-bond donors (Lipinski definition) is 1. The summed E-state index contributed by atoms with van der Waals surface area (Å²) in [6, 6.07) is 17.5. The molecule has 3 aromatic rings. The Morgan fingerprint density at radius 2 is 1.90 bits per heavy atom. The number of carboxylic acid groups (broad SMARTS) is 1. The second kappa shape index (κ2) is 8.38. The number of para-hydroxylation sites is 1. The molecule has 0 amide bonds.